The second-order valence-electron chi connectivity index (χ2n) is 5.23. The van der Waals surface area contributed by atoms with E-state index in [9.17, 15) is 4.79 Å². The van der Waals surface area contributed by atoms with Gasteiger partial charge in [0.05, 0.1) is 6.04 Å². The van der Waals surface area contributed by atoms with Crippen molar-refractivity contribution in [2.75, 3.05) is 19.0 Å². The summed E-state index contributed by atoms with van der Waals surface area (Å²) in [5.41, 5.74) is 0. The number of anilines is 1. The van der Waals surface area contributed by atoms with E-state index in [1.165, 1.54) is 11.0 Å². The van der Waals surface area contributed by atoms with Gasteiger partial charge in [-0.2, -0.15) is 10.1 Å². The van der Waals surface area contributed by atoms with Crippen LogP contribution in [0.5, 0.6) is 0 Å². The monoisotopic (exact) mass is 305 g/mol. The highest BCUT2D eigenvalue weighted by Crippen LogP contribution is 2.33. The molecule has 8 heteroatoms. The molecule has 0 aromatic carbocycles. The van der Waals surface area contributed by atoms with Crippen LogP contribution in [0.3, 0.4) is 0 Å². The minimum atomic E-state index is -0.191. The number of amides is 2. The minimum Gasteiger partial charge on any atom is -0.461 e. The molecule has 0 unspecified atom stereocenters. The van der Waals surface area contributed by atoms with Crippen molar-refractivity contribution in [2.24, 2.45) is 7.05 Å². The second-order valence-corrected chi connectivity index (χ2v) is 5.23. The predicted octanol–water partition coefficient (Wildman–Crippen LogP) is 1.92. The summed E-state index contributed by atoms with van der Waals surface area (Å²) in [6.45, 7) is 1.12. The Labute approximate surface area is 128 Å². The highest BCUT2D eigenvalue weighted by molar-refractivity contribution is 5.88. The molecule has 1 saturated heterocycles. The van der Waals surface area contributed by atoms with Crippen molar-refractivity contribution < 1.29 is 13.9 Å². The fourth-order valence-electron chi connectivity index (χ4n) is 2.68. The summed E-state index contributed by atoms with van der Waals surface area (Å²) in [7, 11) is 3.35. The molecule has 0 saturated carbocycles. The van der Waals surface area contributed by atoms with Crippen LogP contribution in [0.15, 0.2) is 22.9 Å². The van der Waals surface area contributed by atoms with Crippen LogP contribution in [0.1, 0.15) is 30.4 Å². The van der Waals surface area contributed by atoms with Gasteiger partial charge in [0.1, 0.15) is 24.5 Å². The van der Waals surface area contributed by atoms with Crippen molar-refractivity contribution in [1.29, 1.82) is 0 Å². The van der Waals surface area contributed by atoms with E-state index in [4.69, 9.17) is 9.15 Å². The zero-order valence-electron chi connectivity index (χ0n) is 12.7. The molecule has 1 N–H and O–H groups in total. The van der Waals surface area contributed by atoms with Gasteiger partial charge in [-0.25, -0.2) is 9.48 Å². The Morgan fingerprint density at radius 2 is 2.41 bits per heavy atom. The zero-order valence-corrected chi connectivity index (χ0v) is 12.7. The number of hydrogen-bond acceptors (Lipinski definition) is 5. The lowest BCUT2D eigenvalue weighted by Crippen LogP contribution is -2.35. The number of aromatic nitrogens is 3. The molecule has 22 heavy (non-hydrogen) atoms. The molecule has 3 heterocycles. The van der Waals surface area contributed by atoms with Crippen molar-refractivity contribution in [1.82, 2.24) is 19.7 Å². The van der Waals surface area contributed by atoms with Gasteiger partial charge in [-0.05, 0) is 25.0 Å². The van der Waals surface area contributed by atoms with E-state index in [0.717, 1.165) is 24.4 Å². The summed E-state index contributed by atoms with van der Waals surface area (Å²) in [4.78, 5) is 18.2. The van der Waals surface area contributed by atoms with Crippen molar-refractivity contribution in [3.8, 4) is 0 Å². The van der Waals surface area contributed by atoms with Crippen LogP contribution in [0.25, 0.3) is 0 Å². The Kier molecular flexibility index (Phi) is 4.10. The molecule has 1 aliphatic rings. The number of furan rings is 1. The molecule has 118 valence electrons. The first kappa shape index (κ1) is 14.6. The third-order valence-electron chi connectivity index (χ3n) is 3.74. The molecule has 2 aromatic heterocycles. The van der Waals surface area contributed by atoms with Gasteiger partial charge in [0, 0.05) is 20.7 Å². The molecule has 2 aromatic rings. The number of nitrogens with zero attached hydrogens (tertiary/aromatic N) is 4. The van der Waals surface area contributed by atoms with Crippen LogP contribution in [-0.4, -0.2) is 39.4 Å². The van der Waals surface area contributed by atoms with Crippen molar-refractivity contribution >= 4 is 12.0 Å². The number of urea groups is 1. The molecule has 3 rings (SSSR count). The first-order chi connectivity index (χ1) is 10.7. The number of aryl methyl sites for hydroxylation is 1. The van der Waals surface area contributed by atoms with Gasteiger partial charge >= 0.3 is 6.03 Å². The Hall–Kier alpha value is -2.35. The molecule has 1 fully saturated rings. The average molecular weight is 305 g/mol. The summed E-state index contributed by atoms with van der Waals surface area (Å²) < 4.78 is 12.3. The number of nitrogens with one attached hydrogen (secondary N) is 1. The normalized spacial score (nSPS) is 17.9. The van der Waals surface area contributed by atoms with Crippen LogP contribution in [0.2, 0.25) is 0 Å². The first-order valence-electron chi connectivity index (χ1n) is 7.18. The fraction of sp³-hybridized carbons (Fsp3) is 0.500. The van der Waals surface area contributed by atoms with Gasteiger partial charge in [0.2, 0.25) is 5.95 Å². The number of methoxy groups -OCH3 is 1. The topological polar surface area (TPSA) is 85.4 Å². The van der Waals surface area contributed by atoms with E-state index in [1.54, 1.807) is 19.1 Å². The van der Waals surface area contributed by atoms with E-state index in [0.29, 0.717) is 19.1 Å². The third kappa shape index (κ3) is 2.82. The SMILES string of the molecule is COCc1ccc([C@H]2CCCN2C(=O)Nc2ncnn2C)o1. The predicted molar refractivity (Wildman–Crippen MR) is 78.1 cm³/mol. The number of carbonyl (C=O) groups is 1. The van der Waals surface area contributed by atoms with Gasteiger partial charge in [-0.15, -0.1) is 0 Å². The van der Waals surface area contributed by atoms with E-state index in [1.807, 2.05) is 12.1 Å². The lowest BCUT2D eigenvalue weighted by Gasteiger charge is -2.23. The fourth-order valence-corrected chi connectivity index (χ4v) is 2.68. The summed E-state index contributed by atoms with van der Waals surface area (Å²) in [5.74, 6) is 1.98. The van der Waals surface area contributed by atoms with E-state index < -0.39 is 0 Å². The highest BCUT2D eigenvalue weighted by atomic mass is 16.5. The zero-order chi connectivity index (χ0) is 15.5. The molecular weight excluding hydrogens is 286 g/mol. The van der Waals surface area contributed by atoms with Crippen LogP contribution in [-0.2, 0) is 18.4 Å². The van der Waals surface area contributed by atoms with E-state index >= 15 is 0 Å². The van der Waals surface area contributed by atoms with Crippen LogP contribution in [0, 0.1) is 0 Å². The maximum atomic E-state index is 12.4. The van der Waals surface area contributed by atoms with Crippen LogP contribution in [0.4, 0.5) is 10.7 Å². The Balaban J connectivity index is 1.72. The smallest absolute Gasteiger partial charge is 0.324 e. The highest BCUT2D eigenvalue weighted by Gasteiger charge is 2.32. The summed E-state index contributed by atoms with van der Waals surface area (Å²) in [6.07, 6.45) is 3.23. The maximum Gasteiger partial charge on any atom is 0.324 e. The molecule has 2 amide bonds. The molecule has 0 aliphatic carbocycles. The van der Waals surface area contributed by atoms with Gasteiger partial charge in [-0.3, -0.25) is 5.32 Å². The average Bonchev–Trinajstić information content (AvgIpc) is 3.20. The van der Waals surface area contributed by atoms with Gasteiger partial charge in [0.25, 0.3) is 0 Å². The number of likely N-dealkylation sites (tertiary alicyclic amines) is 1. The van der Waals surface area contributed by atoms with E-state index in [-0.39, 0.29) is 12.1 Å². The van der Waals surface area contributed by atoms with Crippen molar-refractivity contribution in [3.63, 3.8) is 0 Å². The van der Waals surface area contributed by atoms with Gasteiger partial charge in [0.15, 0.2) is 0 Å². The Morgan fingerprint density at radius 1 is 1.55 bits per heavy atom. The second kappa shape index (κ2) is 6.18. The minimum absolute atomic E-state index is 0.0566. The molecule has 0 radical (unpaired) electrons. The van der Waals surface area contributed by atoms with Crippen LogP contribution < -0.4 is 5.32 Å². The first-order valence-corrected chi connectivity index (χ1v) is 7.18. The van der Waals surface area contributed by atoms with Crippen molar-refractivity contribution in [2.45, 2.75) is 25.5 Å². The Morgan fingerprint density at radius 3 is 3.14 bits per heavy atom. The lowest BCUT2D eigenvalue weighted by atomic mass is 10.2. The number of rotatable bonds is 4. The van der Waals surface area contributed by atoms with Gasteiger partial charge < -0.3 is 14.1 Å². The molecule has 0 spiro atoms. The molecule has 1 aliphatic heterocycles. The molecular formula is C14H19N5O3. The lowest BCUT2D eigenvalue weighted by molar-refractivity contribution is 0.157. The van der Waals surface area contributed by atoms with Crippen molar-refractivity contribution in [3.05, 3.63) is 30.0 Å². The standard InChI is InChI=1S/C14H19N5O3/c1-18-13(15-9-16-18)17-14(20)19-7-3-4-11(19)12-6-5-10(22-12)8-21-2/h5-6,9,11H,3-4,7-8H2,1-2H3,(H,15,16,17,20)/t11-/m1/s1. The van der Waals surface area contributed by atoms with Crippen LogP contribution >= 0.6 is 0 Å². The molecule has 1 atom stereocenters. The number of ether oxygens (including phenoxy) is 1. The molecule has 0 bridgehead atoms. The summed E-state index contributed by atoms with van der Waals surface area (Å²) in [6, 6.07) is 3.55. The van der Waals surface area contributed by atoms with E-state index in [2.05, 4.69) is 15.4 Å². The Bertz CT molecular complexity index is 650. The summed E-state index contributed by atoms with van der Waals surface area (Å²) in [5, 5.41) is 6.71. The largest absolute Gasteiger partial charge is 0.461 e. The number of carbonyl (C=O) groups excluding carboxylic acids is 1. The third-order valence-corrected chi connectivity index (χ3v) is 3.74. The quantitative estimate of drug-likeness (QED) is 0.932. The maximum absolute atomic E-state index is 12.4. The summed E-state index contributed by atoms with van der Waals surface area (Å²) >= 11 is 0. The number of hydrogen-bond donors (Lipinski definition) is 1. The van der Waals surface area contributed by atoms with Gasteiger partial charge in [-0.1, -0.05) is 0 Å². The molecule has 8 nitrogen and oxygen atoms in total.